The van der Waals surface area contributed by atoms with Crippen LogP contribution in [0.1, 0.15) is 44.5 Å². The second-order valence-electron chi connectivity index (χ2n) is 18.7. The Hall–Kier alpha value is -4.74. The molecular weight excluding hydrogens is 1050 g/mol. The van der Waals surface area contributed by atoms with Gasteiger partial charge in [-0.05, 0) is 152 Å². The van der Waals surface area contributed by atoms with E-state index in [9.17, 15) is 0 Å². The first-order chi connectivity index (χ1) is 35.9. The molecule has 8 heteroatoms. The van der Waals surface area contributed by atoms with Crippen LogP contribution in [0.2, 0.25) is 0 Å². The largest absolute Gasteiger partial charge is 0.0882 e. The van der Waals surface area contributed by atoms with E-state index in [1.54, 1.807) is 0 Å². The third kappa shape index (κ3) is 12.9. The van der Waals surface area contributed by atoms with E-state index in [0.717, 1.165) is 0 Å². The molecule has 10 rings (SSSR count). The van der Waals surface area contributed by atoms with E-state index in [2.05, 4.69) is 250 Å². The second-order valence-corrected chi connectivity index (χ2v) is 27.4. The first kappa shape index (κ1) is 52.7. The number of hydrogen-bond donors (Lipinski definition) is 0. The van der Waals surface area contributed by atoms with Crippen LogP contribution in [0.15, 0.2) is 272 Å². The summed E-state index contributed by atoms with van der Waals surface area (Å²) < 4.78 is 0. The van der Waals surface area contributed by atoms with E-state index in [-0.39, 0.29) is 0 Å². The van der Waals surface area contributed by atoms with Crippen LogP contribution in [-0.2, 0) is 0 Å². The normalized spacial score (nSPS) is 11.4. The zero-order chi connectivity index (χ0) is 51.3. The van der Waals surface area contributed by atoms with Gasteiger partial charge >= 0.3 is 0 Å². The van der Waals surface area contributed by atoms with E-state index in [0.29, 0.717) is 0 Å². The Labute approximate surface area is 472 Å². The molecule has 0 atom stereocenters. The van der Waals surface area contributed by atoms with Crippen molar-refractivity contribution in [3.63, 3.8) is 0 Å². The molecule has 10 aromatic carbocycles. The van der Waals surface area contributed by atoms with Crippen LogP contribution < -0.4 is 0 Å². The summed E-state index contributed by atoms with van der Waals surface area (Å²) in [6, 6.07) is 73.0. The topological polar surface area (TPSA) is 0 Å². The molecule has 368 valence electrons. The summed E-state index contributed by atoms with van der Waals surface area (Å²) in [7, 11) is 0. The SMILES string of the molecule is Cc1ccc(Sc2c(Sc3ccc(C)cc3)c(Sc3ccc(C)cc3)c3c(Sc4ccc(C)cc4)c(Sc4ccc(C)cc4)c(Sc4ccc(C)cc4)c(Sc4ccc(C)cc4)c3c2Sc2ccc(C)cc2)cc1. The predicted octanol–water partition coefficient (Wildman–Crippen LogP) is 22.5. The zero-order valence-electron chi connectivity index (χ0n) is 42.7. The van der Waals surface area contributed by atoms with Crippen molar-refractivity contribution in [2.45, 2.75) is 134 Å². The van der Waals surface area contributed by atoms with E-state index in [1.807, 2.05) is 94.1 Å². The third-order valence-electron chi connectivity index (χ3n) is 12.3. The molecular formula is C66H56S8. The van der Waals surface area contributed by atoms with E-state index < -0.39 is 0 Å². The molecule has 0 amide bonds. The summed E-state index contributed by atoms with van der Waals surface area (Å²) in [5.74, 6) is 0. The summed E-state index contributed by atoms with van der Waals surface area (Å²) in [4.78, 5) is 19.7. The van der Waals surface area contributed by atoms with Crippen molar-refractivity contribution in [2.75, 3.05) is 0 Å². The van der Waals surface area contributed by atoms with Gasteiger partial charge in [-0.3, -0.25) is 0 Å². The monoisotopic (exact) mass is 1100 g/mol. The molecule has 0 heterocycles. The fourth-order valence-corrected chi connectivity index (χ4v) is 17.6. The smallest absolute Gasteiger partial charge is 0.0420 e. The van der Waals surface area contributed by atoms with Crippen molar-refractivity contribution < 1.29 is 0 Å². The number of benzene rings is 10. The molecule has 74 heavy (non-hydrogen) atoms. The molecule has 0 aromatic heterocycles. The number of aryl methyl sites for hydroxylation is 8. The lowest BCUT2D eigenvalue weighted by atomic mass is 10.1. The number of fused-ring (bicyclic) bond motifs is 1. The van der Waals surface area contributed by atoms with Gasteiger partial charge in [-0.1, -0.05) is 236 Å². The van der Waals surface area contributed by atoms with Crippen LogP contribution >= 0.6 is 94.1 Å². The van der Waals surface area contributed by atoms with Crippen molar-refractivity contribution in [2.24, 2.45) is 0 Å². The Balaban J connectivity index is 1.45. The van der Waals surface area contributed by atoms with Gasteiger partial charge in [0.05, 0.1) is 0 Å². The van der Waals surface area contributed by atoms with Gasteiger partial charge in [-0.2, -0.15) is 0 Å². The quantitative estimate of drug-likeness (QED) is 0.0927. The van der Waals surface area contributed by atoms with E-state index in [4.69, 9.17) is 0 Å². The Morgan fingerprint density at radius 1 is 0.149 bits per heavy atom. The highest BCUT2D eigenvalue weighted by atomic mass is 32.2. The Morgan fingerprint density at radius 2 is 0.257 bits per heavy atom. The molecule has 0 unspecified atom stereocenters. The molecule has 0 fully saturated rings. The van der Waals surface area contributed by atoms with Crippen LogP contribution in [-0.4, -0.2) is 0 Å². The molecule has 0 aliphatic carbocycles. The standard InChI is InChI=1S/C66H56S8/c1-41-9-25-49(26-10-41)67-59-57-58(61(69-51-29-13-43(3)14-30-51)64(72-54-35-19-46(6)20-36-54)63(59)71-53-33-17-45(5)18-34-53)62(70-52-31-15-44(4)16-32-52)66(74-56-39-23-48(8)24-40-56)65(73-55-37-21-47(7)22-38-55)60(57)68-50-27-11-42(2)12-28-50/h9-40H,1-8H3. The third-order valence-corrected chi connectivity index (χ3v) is 22.1. The van der Waals surface area contributed by atoms with Crippen molar-refractivity contribution in [1.82, 2.24) is 0 Å². The highest BCUT2D eigenvalue weighted by Gasteiger charge is 2.32. The van der Waals surface area contributed by atoms with Gasteiger partial charge in [-0.25, -0.2) is 0 Å². The predicted molar refractivity (Wildman–Crippen MR) is 326 cm³/mol. The molecule has 0 N–H and O–H groups in total. The molecule has 0 spiro atoms. The van der Waals surface area contributed by atoms with Crippen LogP contribution in [0.5, 0.6) is 0 Å². The minimum Gasteiger partial charge on any atom is -0.0882 e. The maximum atomic E-state index is 2.31. The molecule has 0 bridgehead atoms. The number of hydrogen-bond acceptors (Lipinski definition) is 8. The lowest BCUT2D eigenvalue weighted by molar-refractivity contribution is 0.995. The van der Waals surface area contributed by atoms with Gasteiger partial charge in [0, 0.05) is 89.1 Å². The first-order valence-electron chi connectivity index (χ1n) is 24.6. The summed E-state index contributed by atoms with van der Waals surface area (Å²) in [6.45, 7) is 17.5. The van der Waals surface area contributed by atoms with Gasteiger partial charge in [0.1, 0.15) is 0 Å². The Morgan fingerprint density at radius 3 is 0.378 bits per heavy atom. The molecule has 0 aliphatic heterocycles. The van der Waals surface area contributed by atoms with Crippen LogP contribution in [0.25, 0.3) is 10.8 Å². The van der Waals surface area contributed by atoms with Gasteiger partial charge < -0.3 is 0 Å². The van der Waals surface area contributed by atoms with Gasteiger partial charge in [0.25, 0.3) is 0 Å². The molecule has 10 aromatic rings. The highest BCUT2D eigenvalue weighted by molar-refractivity contribution is 8.06. The second kappa shape index (κ2) is 24.1. The Bertz CT molecular complexity index is 3070. The fraction of sp³-hybridized carbons (Fsp3) is 0.121. The van der Waals surface area contributed by atoms with Gasteiger partial charge in [0.2, 0.25) is 0 Å². The molecule has 0 radical (unpaired) electrons. The van der Waals surface area contributed by atoms with E-state index >= 15 is 0 Å². The highest BCUT2D eigenvalue weighted by Crippen LogP contribution is 2.63. The Kier molecular flexibility index (Phi) is 17.1. The van der Waals surface area contributed by atoms with Gasteiger partial charge in [0.15, 0.2) is 0 Å². The average molecular weight is 1110 g/mol. The first-order valence-corrected chi connectivity index (χ1v) is 31.1. The van der Waals surface area contributed by atoms with Crippen molar-refractivity contribution in [3.8, 4) is 0 Å². The zero-order valence-corrected chi connectivity index (χ0v) is 49.3. The summed E-state index contributed by atoms with van der Waals surface area (Å²) in [5, 5.41) is 2.55. The number of rotatable bonds is 16. The summed E-state index contributed by atoms with van der Waals surface area (Å²) >= 11 is 15.2. The minimum atomic E-state index is 1.21. The average Bonchev–Trinajstić information content (AvgIpc) is 3.41. The molecule has 0 saturated heterocycles. The summed E-state index contributed by atoms with van der Waals surface area (Å²) in [5.41, 5.74) is 9.98. The maximum absolute atomic E-state index is 2.31. The lowest BCUT2D eigenvalue weighted by Crippen LogP contribution is -2.00. The molecule has 0 aliphatic rings. The van der Waals surface area contributed by atoms with E-state index in [1.165, 1.54) is 134 Å². The minimum absolute atomic E-state index is 1.21. The lowest BCUT2D eigenvalue weighted by Gasteiger charge is -2.28. The van der Waals surface area contributed by atoms with Crippen molar-refractivity contribution in [3.05, 3.63) is 239 Å². The van der Waals surface area contributed by atoms with Crippen molar-refractivity contribution >= 4 is 105 Å². The van der Waals surface area contributed by atoms with Gasteiger partial charge in [-0.15, -0.1) is 0 Å². The van der Waals surface area contributed by atoms with Crippen molar-refractivity contribution in [1.29, 1.82) is 0 Å². The molecule has 0 nitrogen and oxygen atoms in total. The maximum Gasteiger partial charge on any atom is 0.0420 e. The fourth-order valence-electron chi connectivity index (χ4n) is 8.08. The molecule has 0 saturated carbocycles. The summed E-state index contributed by atoms with van der Waals surface area (Å²) in [6.07, 6.45) is 0. The van der Waals surface area contributed by atoms with Crippen LogP contribution in [0.3, 0.4) is 0 Å². The van der Waals surface area contributed by atoms with Crippen LogP contribution in [0, 0.1) is 55.4 Å². The van der Waals surface area contributed by atoms with Crippen LogP contribution in [0.4, 0.5) is 0 Å².